The summed E-state index contributed by atoms with van der Waals surface area (Å²) in [6, 6.07) is 18.2. The molecule has 0 spiro atoms. The molecule has 438 valence electrons. The fourth-order valence-corrected chi connectivity index (χ4v) is 10.4. The van der Waals surface area contributed by atoms with E-state index in [1.165, 1.54) is 5.56 Å². The standard InChI is InChI=1S/C32H12BF24.C22H21O2S/c34-25(35,36)13-1-14(26(37,38)39)6-21(5-13)33(22-7-15(27(40,41)42)2-16(8-22)28(43,44)45,23-9-17(29(46,47)48)3-18(10-23)30(49,50)51)24-11-19(31(52,53)54)4-20(12-24)32(55,56)57;1-25(24,21-10-6-3-7-11-21)17-22(23)20-14-12-19(13-15-20)16-18-8-4-2-5-9-18/h1-12H;2-15H,16-17H2,1H3/q-1;+1. The first-order chi connectivity index (χ1) is 37.3. The number of carbonyl (C=O) groups is 1. The molecule has 0 radical (unpaired) electrons. The number of hydrogen-bond donors (Lipinski definition) is 0. The number of Topliss-reactive ketones (excluding diaryl/α,β-unsaturated/α-hetero) is 1. The fourth-order valence-electron chi connectivity index (χ4n) is 8.84. The van der Waals surface area contributed by atoms with E-state index in [9.17, 15) is 114 Å². The second kappa shape index (κ2) is 22.5. The molecule has 0 N–H and O–H groups in total. The molecule has 0 aromatic heterocycles. The maximum absolute atomic E-state index is 14.2. The van der Waals surface area contributed by atoms with Crippen LogP contribution in [0.15, 0.2) is 163 Å². The van der Waals surface area contributed by atoms with Crippen molar-refractivity contribution in [2.45, 2.75) is 60.7 Å². The van der Waals surface area contributed by atoms with Gasteiger partial charge in [0.15, 0.2) is 10.6 Å². The number of rotatable bonds is 10. The highest BCUT2D eigenvalue weighted by Crippen LogP contribution is 2.41. The summed E-state index contributed by atoms with van der Waals surface area (Å²) in [5.74, 6) is -0.0442. The highest BCUT2D eigenvalue weighted by Gasteiger charge is 2.47. The van der Waals surface area contributed by atoms with Crippen LogP contribution in [0.4, 0.5) is 105 Å². The summed E-state index contributed by atoms with van der Waals surface area (Å²) < 4.78 is 354. The monoisotopic (exact) mass is 1210 g/mol. The quantitative estimate of drug-likeness (QED) is 0.0592. The Hall–Kier alpha value is -7.26. The molecule has 7 aromatic rings. The number of ketones is 1. The predicted molar refractivity (Wildman–Crippen MR) is 254 cm³/mol. The fraction of sp³-hybridized carbons (Fsp3) is 0.204. The molecule has 0 heterocycles. The zero-order chi connectivity index (χ0) is 61.6. The van der Waals surface area contributed by atoms with Gasteiger partial charge in [0.05, 0.1) is 44.5 Å². The lowest BCUT2D eigenvalue weighted by Crippen LogP contribution is -2.75. The summed E-state index contributed by atoms with van der Waals surface area (Å²) >= 11 is 0. The van der Waals surface area contributed by atoms with Gasteiger partial charge in [0.1, 0.15) is 22.3 Å². The molecule has 7 aromatic carbocycles. The van der Waals surface area contributed by atoms with E-state index in [1.807, 2.05) is 72.8 Å². The molecule has 0 aliphatic heterocycles. The summed E-state index contributed by atoms with van der Waals surface area (Å²) in [6.07, 6.45) is -52.3. The first-order valence-electron chi connectivity index (χ1n) is 22.8. The Kier molecular flexibility index (Phi) is 17.5. The van der Waals surface area contributed by atoms with Crippen molar-refractivity contribution in [3.63, 3.8) is 0 Å². The Bertz CT molecular complexity index is 3030. The van der Waals surface area contributed by atoms with Crippen molar-refractivity contribution >= 4 is 43.7 Å². The van der Waals surface area contributed by atoms with Gasteiger partial charge in [0, 0.05) is 5.56 Å². The predicted octanol–water partition coefficient (Wildman–Crippen LogP) is 15.9. The number of halogens is 24. The lowest BCUT2D eigenvalue weighted by Gasteiger charge is -2.46. The maximum Gasteiger partial charge on any atom is 0.416 e. The molecule has 0 saturated carbocycles. The van der Waals surface area contributed by atoms with Gasteiger partial charge in [0.2, 0.25) is 5.78 Å². The van der Waals surface area contributed by atoms with Crippen LogP contribution in [0.1, 0.15) is 66.0 Å². The molecule has 1 unspecified atom stereocenters. The van der Waals surface area contributed by atoms with E-state index in [1.54, 1.807) is 6.26 Å². The van der Waals surface area contributed by atoms with E-state index in [4.69, 9.17) is 0 Å². The van der Waals surface area contributed by atoms with Gasteiger partial charge in [-0.05, 0) is 53.9 Å². The molecule has 2 nitrogen and oxygen atoms in total. The summed E-state index contributed by atoms with van der Waals surface area (Å²) in [7, 11) is -2.37. The summed E-state index contributed by atoms with van der Waals surface area (Å²) in [5.41, 5.74) is -27.2. The van der Waals surface area contributed by atoms with Crippen molar-refractivity contribution in [2.75, 3.05) is 12.0 Å². The molecular weight excluding hydrogens is 1180 g/mol. The minimum absolute atomic E-state index is 0.0368. The average Bonchev–Trinajstić information content (AvgIpc) is 1.11. The summed E-state index contributed by atoms with van der Waals surface area (Å²) in [6.45, 7) is 0. The third-order valence-corrected chi connectivity index (χ3v) is 14.7. The van der Waals surface area contributed by atoms with E-state index in [0.717, 1.165) is 16.9 Å². The number of hydrogen-bond acceptors (Lipinski definition) is 2. The summed E-state index contributed by atoms with van der Waals surface area (Å²) in [5, 5.41) is 0. The van der Waals surface area contributed by atoms with Crippen molar-refractivity contribution in [1.29, 1.82) is 0 Å². The van der Waals surface area contributed by atoms with Crippen LogP contribution < -0.4 is 21.9 Å². The Morgan fingerprint density at radius 1 is 0.341 bits per heavy atom. The smallest absolute Gasteiger partial charge is 0.289 e. The summed E-state index contributed by atoms with van der Waals surface area (Å²) in [4.78, 5) is 13.3. The van der Waals surface area contributed by atoms with Crippen LogP contribution in [0, 0.1) is 0 Å². The molecule has 28 heteroatoms. The van der Waals surface area contributed by atoms with Gasteiger partial charge in [0.25, 0.3) is 0 Å². The Morgan fingerprint density at radius 2 is 0.573 bits per heavy atom. The minimum atomic E-state index is -6.13. The van der Waals surface area contributed by atoms with Gasteiger partial charge in [-0.15, -0.1) is 0 Å². The molecule has 0 saturated heterocycles. The molecular formula is C54H33BF24O2S. The topological polar surface area (TPSA) is 34.1 Å². The number of benzene rings is 7. The van der Waals surface area contributed by atoms with Gasteiger partial charge < -0.3 is 0 Å². The first kappa shape index (κ1) is 63.9. The Morgan fingerprint density at radius 3 is 0.817 bits per heavy atom. The molecule has 0 fully saturated rings. The first-order valence-corrected chi connectivity index (χ1v) is 25.0. The van der Waals surface area contributed by atoms with E-state index >= 15 is 0 Å². The van der Waals surface area contributed by atoms with Crippen LogP contribution in [0.5, 0.6) is 0 Å². The van der Waals surface area contributed by atoms with Gasteiger partial charge in [-0.25, -0.2) is 0 Å². The highest BCUT2D eigenvalue weighted by atomic mass is 32.2. The van der Waals surface area contributed by atoms with Gasteiger partial charge in [-0.2, -0.15) is 127 Å². The van der Waals surface area contributed by atoms with Crippen molar-refractivity contribution in [3.05, 3.63) is 219 Å². The van der Waals surface area contributed by atoms with E-state index in [2.05, 4.69) is 12.1 Å². The van der Waals surface area contributed by atoms with Crippen LogP contribution in [-0.2, 0) is 70.0 Å². The zero-order valence-electron chi connectivity index (χ0n) is 40.8. The van der Waals surface area contributed by atoms with Crippen LogP contribution in [0.25, 0.3) is 0 Å². The Labute approximate surface area is 448 Å². The molecule has 1 atom stereocenters. The molecule has 0 amide bonds. The van der Waals surface area contributed by atoms with Gasteiger partial charge >= 0.3 is 49.4 Å². The average molecular weight is 1210 g/mol. The lowest BCUT2D eigenvalue weighted by molar-refractivity contribution is -0.144. The number of carbonyl (C=O) groups excluding carboxylic acids is 1. The second-order valence-electron chi connectivity index (χ2n) is 18.5. The highest BCUT2D eigenvalue weighted by molar-refractivity contribution is 8.03. The molecule has 7 rings (SSSR count). The van der Waals surface area contributed by atoms with Crippen LogP contribution >= 0.6 is 0 Å². The molecule has 0 bridgehead atoms. The molecule has 82 heavy (non-hydrogen) atoms. The number of alkyl halides is 24. The SMILES string of the molecule is C[S+](=O)(CC(=O)c1ccc(Cc2ccccc2)cc1)c1ccccc1.FC(F)(F)c1cc([B-](c2cc(C(F)(F)F)cc(C(F)(F)F)c2)(c2cc(C(F)(F)F)cc(C(F)(F)F)c2)c2cc(C(F)(F)F)cc(C(F)(F)F)c2)cc(C(F)(F)F)c1. The lowest BCUT2D eigenvalue weighted by atomic mass is 9.12. The minimum Gasteiger partial charge on any atom is -0.289 e. The largest absolute Gasteiger partial charge is 0.416 e. The third-order valence-electron chi connectivity index (χ3n) is 12.6. The Balaban J connectivity index is 0.000000357. The normalized spacial score (nSPS) is 14.0. The van der Waals surface area contributed by atoms with Gasteiger partial charge in [-0.3, -0.25) is 4.79 Å². The van der Waals surface area contributed by atoms with Gasteiger partial charge in [-0.1, -0.05) is 126 Å². The van der Waals surface area contributed by atoms with E-state index < -0.39 is 205 Å². The third kappa shape index (κ3) is 15.0. The molecule has 0 aliphatic carbocycles. The second-order valence-corrected chi connectivity index (χ2v) is 21.2. The van der Waals surface area contributed by atoms with Crippen LogP contribution in [0.3, 0.4) is 0 Å². The van der Waals surface area contributed by atoms with Crippen molar-refractivity contribution in [3.8, 4) is 0 Å². The van der Waals surface area contributed by atoms with Crippen molar-refractivity contribution in [1.82, 2.24) is 0 Å². The van der Waals surface area contributed by atoms with Crippen molar-refractivity contribution in [2.24, 2.45) is 0 Å². The van der Waals surface area contributed by atoms with E-state index in [0.29, 0.717) is 5.56 Å². The van der Waals surface area contributed by atoms with Crippen molar-refractivity contribution < 1.29 is 114 Å². The van der Waals surface area contributed by atoms with Crippen LogP contribution in [0.2, 0.25) is 0 Å². The maximum atomic E-state index is 14.2. The van der Waals surface area contributed by atoms with Crippen LogP contribution in [-0.4, -0.2) is 23.9 Å². The van der Waals surface area contributed by atoms with E-state index in [-0.39, 0.29) is 11.5 Å². The molecule has 0 aliphatic rings. The zero-order valence-corrected chi connectivity index (χ0v) is 41.6.